The minimum Gasteiger partial charge on any atom is -0.167 e. The van der Waals surface area contributed by atoms with Crippen molar-refractivity contribution in [1.82, 2.24) is 0 Å². The van der Waals surface area contributed by atoms with E-state index in [9.17, 15) is 13.2 Å². The van der Waals surface area contributed by atoms with Gasteiger partial charge in [0.1, 0.15) is 0 Å². The predicted molar refractivity (Wildman–Crippen MR) is 90.2 cm³/mol. The number of halogens is 3. The SMILES string of the molecule is CCCCCC1CCC(C2CCC(C=CC(F)(F)F)CC2)CC1. The van der Waals surface area contributed by atoms with Crippen LogP contribution in [0.4, 0.5) is 13.2 Å². The van der Waals surface area contributed by atoms with Crippen LogP contribution in [0.5, 0.6) is 0 Å². The summed E-state index contributed by atoms with van der Waals surface area (Å²) in [6.45, 7) is 2.26. The normalized spacial score (nSPS) is 33.2. The van der Waals surface area contributed by atoms with Gasteiger partial charge in [0.05, 0.1) is 0 Å². The van der Waals surface area contributed by atoms with Crippen molar-refractivity contribution in [2.45, 2.75) is 90.1 Å². The lowest BCUT2D eigenvalue weighted by Gasteiger charge is -2.37. The maximum atomic E-state index is 12.2. The Labute approximate surface area is 139 Å². The smallest absolute Gasteiger partial charge is 0.167 e. The highest BCUT2D eigenvalue weighted by Gasteiger charge is 2.31. The third-order valence-electron chi connectivity index (χ3n) is 6.15. The molecular weight excluding hydrogens is 297 g/mol. The second-order valence-electron chi connectivity index (χ2n) is 7.85. The van der Waals surface area contributed by atoms with Gasteiger partial charge >= 0.3 is 6.18 Å². The molecule has 0 aromatic carbocycles. The van der Waals surface area contributed by atoms with Gasteiger partial charge in [0.2, 0.25) is 0 Å². The molecule has 0 unspecified atom stereocenters. The Morgan fingerprint density at radius 3 is 1.91 bits per heavy atom. The summed E-state index contributed by atoms with van der Waals surface area (Å²) < 4.78 is 36.7. The molecule has 0 saturated heterocycles. The van der Waals surface area contributed by atoms with E-state index in [-0.39, 0.29) is 5.92 Å². The quantitative estimate of drug-likeness (QED) is 0.354. The van der Waals surface area contributed by atoms with Crippen molar-refractivity contribution in [2.75, 3.05) is 0 Å². The molecule has 134 valence electrons. The average molecular weight is 330 g/mol. The monoisotopic (exact) mass is 330 g/mol. The van der Waals surface area contributed by atoms with E-state index in [2.05, 4.69) is 6.92 Å². The topological polar surface area (TPSA) is 0 Å². The van der Waals surface area contributed by atoms with Crippen LogP contribution in [-0.2, 0) is 0 Å². The standard InChI is InChI=1S/C20H33F3/c1-2-3-4-5-16-6-10-18(11-7-16)19-12-8-17(9-13-19)14-15-20(21,22)23/h14-19H,2-13H2,1H3. The first-order valence-corrected chi connectivity index (χ1v) is 9.74. The number of allylic oxidation sites excluding steroid dienone is 2. The fourth-order valence-electron chi connectivity index (χ4n) is 4.69. The van der Waals surface area contributed by atoms with Crippen LogP contribution >= 0.6 is 0 Å². The van der Waals surface area contributed by atoms with Crippen molar-refractivity contribution in [3.8, 4) is 0 Å². The third kappa shape index (κ3) is 6.89. The first kappa shape index (κ1) is 18.9. The fraction of sp³-hybridized carbons (Fsp3) is 0.900. The van der Waals surface area contributed by atoms with Crippen LogP contribution in [0.25, 0.3) is 0 Å². The molecule has 0 nitrogen and oxygen atoms in total. The van der Waals surface area contributed by atoms with Crippen LogP contribution in [0.1, 0.15) is 84.0 Å². The molecule has 0 N–H and O–H groups in total. The van der Waals surface area contributed by atoms with E-state index >= 15 is 0 Å². The largest absolute Gasteiger partial charge is 0.409 e. The van der Waals surface area contributed by atoms with Gasteiger partial charge in [-0.25, -0.2) is 0 Å². The summed E-state index contributed by atoms with van der Waals surface area (Å²) in [6.07, 6.45) is 12.9. The lowest BCUT2D eigenvalue weighted by Crippen LogP contribution is -2.25. The van der Waals surface area contributed by atoms with E-state index < -0.39 is 6.18 Å². The van der Waals surface area contributed by atoms with E-state index in [1.807, 2.05) is 0 Å². The molecule has 2 fully saturated rings. The minimum absolute atomic E-state index is 0.151. The van der Waals surface area contributed by atoms with Crippen LogP contribution in [0.2, 0.25) is 0 Å². The van der Waals surface area contributed by atoms with E-state index in [0.29, 0.717) is 6.08 Å². The second kappa shape index (κ2) is 9.13. The molecule has 0 aromatic rings. The highest BCUT2D eigenvalue weighted by atomic mass is 19.4. The van der Waals surface area contributed by atoms with Gasteiger partial charge < -0.3 is 0 Å². The molecule has 0 aliphatic heterocycles. The van der Waals surface area contributed by atoms with Crippen LogP contribution in [0, 0.1) is 23.7 Å². The molecule has 2 aliphatic carbocycles. The highest BCUT2D eigenvalue weighted by molar-refractivity contribution is 4.96. The fourth-order valence-corrected chi connectivity index (χ4v) is 4.69. The van der Waals surface area contributed by atoms with Gasteiger partial charge in [-0.2, -0.15) is 13.2 Å². The second-order valence-corrected chi connectivity index (χ2v) is 7.85. The molecule has 2 saturated carbocycles. The van der Waals surface area contributed by atoms with Crippen molar-refractivity contribution in [2.24, 2.45) is 23.7 Å². The van der Waals surface area contributed by atoms with Gasteiger partial charge in [-0.15, -0.1) is 0 Å². The molecule has 0 aromatic heterocycles. The first-order chi connectivity index (χ1) is 11.0. The molecule has 0 bridgehead atoms. The van der Waals surface area contributed by atoms with Crippen LogP contribution < -0.4 is 0 Å². The Morgan fingerprint density at radius 2 is 1.39 bits per heavy atom. The Balaban J connectivity index is 1.66. The average Bonchev–Trinajstić information content (AvgIpc) is 2.54. The number of hydrogen-bond donors (Lipinski definition) is 0. The summed E-state index contributed by atoms with van der Waals surface area (Å²) in [5, 5.41) is 0. The lowest BCUT2D eigenvalue weighted by molar-refractivity contribution is -0.0803. The summed E-state index contributed by atoms with van der Waals surface area (Å²) in [5.41, 5.74) is 0. The molecule has 0 heterocycles. The molecule has 0 amide bonds. The molecule has 3 heteroatoms. The van der Waals surface area contributed by atoms with Gasteiger partial charge in [0, 0.05) is 6.08 Å². The molecule has 0 spiro atoms. The summed E-state index contributed by atoms with van der Waals surface area (Å²) >= 11 is 0. The van der Waals surface area contributed by atoms with Gasteiger partial charge in [0.25, 0.3) is 0 Å². The molecule has 23 heavy (non-hydrogen) atoms. The number of rotatable bonds is 6. The summed E-state index contributed by atoms with van der Waals surface area (Å²) in [5.74, 6) is 2.73. The first-order valence-electron chi connectivity index (χ1n) is 9.74. The van der Waals surface area contributed by atoms with Crippen LogP contribution in [0.3, 0.4) is 0 Å². The van der Waals surface area contributed by atoms with Crippen molar-refractivity contribution in [3.63, 3.8) is 0 Å². The van der Waals surface area contributed by atoms with E-state index in [1.54, 1.807) is 0 Å². The molecule has 2 rings (SSSR count). The highest BCUT2D eigenvalue weighted by Crippen LogP contribution is 2.42. The van der Waals surface area contributed by atoms with E-state index in [4.69, 9.17) is 0 Å². The number of hydrogen-bond acceptors (Lipinski definition) is 0. The molecule has 0 atom stereocenters. The van der Waals surface area contributed by atoms with E-state index in [0.717, 1.165) is 43.4 Å². The molecular formula is C20H33F3. The van der Waals surface area contributed by atoms with Gasteiger partial charge in [0.15, 0.2) is 0 Å². The Kier molecular flexibility index (Phi) is 7.49. The van der Waals surface area contributed by atoms with Gasteiger partial charge in [-0.05, 0) is 62.2 Å². The van der Waals surface area contributed by atoms with Crippen molar-refractivity contribution < 1.29 is 13.2 Å². The van der Waals surface area contributed by atoms with E-state index in [1.165, 1.54) is 57.4 Å². The van der Waals surface area contributed by atoms with Crippen molar-refractivity contribution in [3.05, 3.63) is 12.2 Å². The summed E-state index contributed by atoms with van der Waals surface area (Å²) in [6, 6.07) is 0. The predicted octanol–water partition coefficient (Wildman–Crippen LogP) is 7.30. The maximum absolute atomic E-state index is 12.2. The minimum atomic E-state index is -4.15. The lowest BCUT2D eigenvalue weighted by atomic mass is 9.68. The van der Waals surface area contributed by atoms with Crippen LogP contribution in [-0.4, -0.2) is 6.18 Å². The summed E-state index contributed by atoms with van der Waals surface area (Å²) in [4.78, 5) is 0. The van der Waals surface area contributed by atoms with Crippen LogP contribution in [0.15, 0.2) is 12.2 Å². The van der Waals surface area contributed by atoms with Gasteiger partial charge in [-0.1, -0.05) is 51.5 Å². The Morgan fingerprint density at radius 1 is 0.826 bits per heavy atom. The zero-order valence-electron chi connectivity index (χ0n) is 14.6. The van der Waals surface area contributed by atoms with Crippen molar-refractivity contribution >= 4 is 0 Å². The Hall–Kier alpha value is -0.470. The van der Waals surface area contributed by atoms with Gasteiger partial charge in [-0.3, -0.25) is 0 Å². The number of unbranched alkanes of at least 4 members (excludes halogenated alkanes) is 2. The summed E-state index contributed by atoms with van der Waals surface area (Å²) in [7, 11) is 0. The zero-order chi connectivity index (χ0) is 16.7. The molecule has 0 radical (unpaired) electrons. The maximum Gasteiger partial charge on any atom is 0.409 e. The zero-order valence-corrected chi connectivity index (χ0v) is 14.6. The van der Waals surface area contributed by atoms with Crippen molar-refractivity contribution in [1.29, 1.82) is 0 Å². The number of alkyl halides is 3. The molecule has 2 aliphatic rings. The third-order valence-corrected chi connectivity index (χ3v) is 6.15. The Bertz CT molecular complexity index is 342.